The molecule has 4 rings (SSSR count). The predicted molar refractivity (Wildman–Crippen MR) is 132 cm³/mol. The quantitative estimate of drug-likeness (QED) is 0.426. The third-order valence-corrected chi connectivity index (χ3v) is 6.56. The van der Waals surface area contributed by atoms with E-state index in [4.69, 9.17) is 4.52 Å². The van der Waals surface area contributed by atoms with Crippen molar-refractivity contribution >= 4 is 21.8 Å². The maximum absolute atomic E-state index is 13.2. The van der Waals surface area contributed by atoms with Crippen LogP contribution in [0.1, 0.15) is 50.6 Å². The summed E-state index contributed by atoms with van der Waals surface area (Å²) in [4.78, 5) is 20.0. The van der Waals surface area contributed by atoms with E-state index >= 15 is 0 Å². The minimum absolute atomic E-state index is 0.0361. The van der Waals surface area contributed by atoms with Crippen molar-refractivity contribution in [3.8, 4) is 11.4 Å². The van der Waals surface area contributed by atoms with Crippen LogP contribution in [0.2, 0.25) is 0 Å². The van der Waals surface area contributed by atoms with Crippen LogP contribution in [0.5, 0.6) is 0 Å². The van der Waals surface area contributed by atoms with Crippen LogP contribution in [0, 0.1) is 11.8 Å². The standard InChI is InChI=1S/C26H31BrN4O2/c1-18(2)15-23(19-7-4-3-5-8-19)28-26(32)21-9-6-14-31(16-21)17-24-29-25(30-33-24)20-10-12-22(27)13-11-20/h3-5,7-8,10-13,18,21,23H,6,9,14-17H2,1-2H3,(H,28,32). The van der Waals surface area contributed by atoms with E-state index in [1.807, 2.05) is 42.5 Å². The van der Waals surface area contributed by atoms with Gasteiger partial charge in [0.25, 0.3) is 0 Å². The molecule has 1 fully saturated rings. The minimum Gasteiger partial charge on any atom is -0.349 e. The summed E-state index contributed by atoms with van der Waals surface area (Å²) in [5.41, 5.74) is 2.08. The molecule has 2 atom stereocenters. The second-order valence-electron chi connectivity index (χ2n) is 9.19. The summed E-state index contributed by atoms with van der Waals surface area (Å²) < 4.78 is 6.51. The van der Waals surface area contributed by atoms with Crippen LogP contribution in [0.15, 0.2) is 63.6 Å². The molecular formula is C26H31BrN4O2. The van der Waals surface area contributed by atoms with Gasteiger partial charge in [-0.1, -0.05) is 65.3 Å². The van der Waals surface area contributed by atoms with Gasteiger partial charge < -0.3 is 9.84 Å². The van der Waals surface area contributed by atoms with Gasteiger partial charge in [0.15, 0.2) is 0 Å². The van der Waals surface area contributed by atoms with Crippen molar-refractivity contribution in [2.24, 2.45) is 11.8 Å². The number of hydrogen-bond donors (Lipinski definition) is 1. The summed E-state index contributed by atoms with van der Waals surface area (Å²) in [7, 11) is 0. The number of halogens is 1. The minimum atomic E-state index is -0.0361. The number of likely N-dealkylation sites (tertiary alicyclic amines) is 1. The van der Waals surface area contributed by atoms with Crippen LogP contribution in [0.25, 0.3) is 11.4 Å². The third-order valence-electron chi connectivity index (χ3n) is 6.03. The second-order valence-corrected chi connectivity index (χ2v) is 10.1. The molecule has 6 nitrogen and oxygen atoms in total. The molecule has 1 N–H and O–H groups in total. The first-order valence-electron chi connectivity index (χ1n) is 11.6. The van der Waals surface area contributed by atoms with Crippen LogP contribution in [-0.4, -0.2) is 34.0 Å². The Hall–Kier alpha value is -2.51. The number of carbonyl (C=O) groups excluding carboxylic acids is 1. The zero-order valence-electron chi connectivity index (χ0n) is 19.2. The highest BCUT2D eigenvalue weighted by Gasteiger charge is 2.28. The first-order valence-corrected chi connectivity index (χ1v) is 12.4. The molecule has 1 aliphatic heterocycles. The number of piperidine rings is 1. The van der Waals surface area contributed by atoms with E-state index < -0.39 is 0 Å². The van der Waals surface area contributed by atoms with Crippen molar-refractivity contribution in [3.63, 3.8) is 0 Å². The highest BCUT2D eigenvalue weighted by molar-refractivity contribution is 9.10. The summed E-state index contributed by atoms with van der Waals surface area (Å²) in [5.74, 6) is 1.76. The zero-order valence-corrected chi connectivity index (χ0v) is 20.8. The Balaban J connectivity index is 1.37. The van der Waals surface area contributed by atoms with Crippen LogP contribution in [0.3, 0.4) is 0 Å². The summed E-state index contributed by atoms with van der Waals surface area (Å²) in [6, 6.07) is 18.1. The van der Waals surface area contributed by atoms with Gasteiger partial charge >= 0.3 is 0 Å². The monoisotopic (exact) mass is 510 g/mol. The Kier molecular flexibility index (Phi) is 7.93. The number of nitrogens with zero attached hydrogens (tertiary/aromatic N) is 3. The first kappa shape index (κ1) is 23.6. The van der Waals surface area contributed by atoms with Gasteiger partial charge in [0.05, 0.1) is 18.5 Å². The molecule has 2 aromatic carbocycles. The third kappa shape index (κ3) is 6.51. The molecule has 7 heteroatoms. The highest BCUT2D eigenvalue weighted by atomic mass is 79.9. The average Bonchev–Trinajstić information content (AvgIpc) is 3.28. The number of hydrogen-bond acceptors (Lipinski definition) is 5. The Labute approximate surface area is 203 Å². The predicted octanol–water partition coefficient (Wildman–Crippen LogP) is 5.61. The van der Waals surface area contributed by atoms with Gasteiger partial charge in [-0.05, 0) is 61.6 Å². The van der Waals surface area contributed by atoms with Crippen molar-refractivity contribution in [1.29, 1.82) is 0 Å². The number of amides is 1. The Morgan fingerprint density at radius 2 is 1.94 bits per heavy atom. The van der Waals surface area contributed by atoms with Crippen molar-refractivity contribution in [2.45, 2.75) is 45.7 Å². The normalized spacial score (nSPS) is 17.8. The van der Waals surface area contributed by atoms with Gasteiger partial charge in [-0.2, -0.15) is 4.98 Å². The Bertz CT molecular complexity index is 1040. The van der Waals surface area contributed by atoms with E-state index in [1.54, 1.807) is 0 Å². The van der Waals surface area contributed by atoms with E-state index in [9.17, 15) is 4.79 Å². The van der Waals surface area contributed by atoms with Crippen LogP contribution < -0.4 is 5.32 Å². The molecule has 3 aromatic rings. The van der Waals surface area contributed by atoms with Gasteiger partial charge in [-0.25, -0.2) is 0 Å². The fraction of sp³-hybridized carbons (Fsp3) is 0.423. The molecule has 0 radical (unpaired) electrons. The second kappa shape index (κ2) is 11.1. The largest absolute Gasteiger partial charge is 0.349 e. The van der Waals surface area contributed by atoms with Crippen LogP contribution in [0.4, 0.5) is 0 Å². The summed E-state index contributed by atoms with van der Waals surface area (Å²) in [6.07, 6.45) is 2.80. The molecule has 2 heterocycles. The lowest BCUT2D eigenvalue weighted by Crippen LogP contribution is -2.43. The maximum Gasteiger partial charge on any atom is 0.241 e. The molecule has 0 saturated carbocycles. The zero-order chi connectivity index (χ0) is 23.2. The van der Waals surface area contributed by atoms with E-state index in [0.29, 0.717) is 30.7 Å². The Morgan fingerprint density at radius 1 is 1.18 bits per heavy atom. The smallest absolute Gasteiger partial charge is 0.241 e. The van der Waals surface area contributed by atoms with E-state index in [2.05, 4.69) is 62.3 Å². The van der Waals surface area contributed by atoms with E-state index in [0.717, 1.165) is 35.8 Å². The molecule has 1 saturated heterocycles. The molecule has 1 aliphatic rings. The van der Waals surface area contributed by atoms with Crippen molar-refractivity contribution in [2.75, 3.05) is 13.1 Å². The lowest BCUT2D eigenvalue weighted by Gasteiger charge is -2.32. The number of nitrogens with one attached hydrogen (secondary N) is 1. The van der Waals surface area contributed by atoms with Crippen LogP contribution >= 0.6 is 15.9 Å². The van der Waals surface area contributed by atoms with Gasteiger partial charge in [0.1, 0.15) is 0 Å². The lowest BCUT2D eigenvalue weighted by atomic mass is 9.93. The summed E-state index contributed by atoms with van der Waals surface area (Å²) in [6.45, 7) is 6.56. The molecule has 2 unspecified atom stereocenters. The van der Waals surface area contributed by atoms with Gasteiger partial charge in [0.2, 0.25) is 17.6 Å². The fourth-order valence-corrected chi connectivity index (χ4v) is 4.63. The van der Waals surface area contributed by atoms with Crippen LogP contribution in [-0.2, 0) is 11.3 Å². The topological polar surface area (TPSA) is 71.3 Å². The molecule has 1 amide bonds. The number of benzene rings is 2. The fourth-order valence-electron chi connectivity index (χ4n) is 4.36. The van der Waals surface area contributed by atoms with Crippen molar-refractivity contribution in [3.05, 3.63) is 70.5 Å². The first-order chi connectivity index (χ1) is 16.0. The van der Waals surface area contributed by atoms with Gasteiger partial charge in [-0.3, -0.25) is 9.69 Å². The maximum atomic E-state index is 13.2. The van der Waals surface area contributed by atoms with Crippen molar-refractivity contribution in [1.82, 2.24) is 20.4 Å². The van der Waals surface area contributed by atoms with Gasteiger partial charge in [-0.15, -0.1) is 0 Å². The summed E-state index contributed by atoms with van der Waals surface area (Å²) >= 11 is 3.44. The molecule has 33 heavy (non-hydrogen) atoms. The molecule has 0 aliphatic carbocycles. The molecule has 0 spiro atoms. The number of aromatic nitrogens is 2. The molecule has 174 valence electrons. The van der Waals surface area contributed by atoms with Crippen molar-refractivity contribution < 1.29 is 9.32 Å². The Morgan fingerprint density at radius 3 is 2.67 bits per heavy atom. The van der Waals surface area contributed by atoms with E-state index in [1.165, 1.54) is 5.56 Å². The van der Waals surface area contributed by atoms with E-state index in [-0.39, 0.29) is 17.9 Å². The SMILES string of the molecule is CC(C)CC(NC(=O)C1CCCN(Cc2nc(-c3ccc(Br)cc3)no2)C1)c1ccccc1. The molecule has 0 bridgehead atoms. The molecule has 1 aromatic heterocycles. The van der Waals surface area contributed by atoms with Gasteiger partial charge in [0, 0.05) is 16.6 Å². The highest BCUT2D eigenvalue weighted by Crippen LogP contribution is 2.25. The average molecular weight is 511 g/mol. The lowest BCUT2D eigenvalue weighted by molar-refractivity contribution is -0.127. The summed E-state index contributed by atoms with van der Waals surface area (Å²) in [5, 5.41) is 7.46. The molecular weight excluding hydrogens is 480 g/mol. The number of rotatable bonds is 8. The number of carbonyl (C=O) groups is 1.